The number of nitrogens with one attached hydrogen (secondary N) is 1. The molecule has 0 saturated heterocycles. The quantitative estimate of drug-likeness (QED) is 0.905. The van der Waals surface area contributed by atoms with Gasteiger partial charge in [-0.1, -0.05) is 6.92 Å². The van der Waals surface area contributed by atoms with Gasteiger partial charge in [-0.15, -0.1) is 0 Å². The van der Waals surface area contributed by atoms with Gasteiger partial charge in [0, 0.05) is 5.56 Å². The van der Waals surface area contributed by atoms with Gasteiger partial charge in [0.05, 0.1) is 23.0 Å². The molecule has 0 amide bonds. The van der Waals surface area contributed by atoms with E-state index < -0.39 is 0 Å². The van der Waals surface area contributed by atoms with E-state index in [1.54, 1.807) is 12.5 Å². The molecule has 0 aliphatic rings. The van der Waals surface area contributed by atoms with Gasteiger partial charge in [-0.2, -0.15) is 0 Å². The van der Waals surface area contributed by atoms with E-state index in [1.165, 1.54) is 0 Å². The largest absolute Gasteiger partial charge is 0.469 e. The summed E-state index contributed by atoms with van der Waals surface area (Å²) in [6.45, 7) is 5.02. The Balaban J connectivity index is 2.28. The van der Waals surface area contributed by atoms with E-state index in [9.17, 15) is 0 Å². The molecule has 2 rings (SSSR count). The molecule has 17 heavy (non-hydrogen) atoms. The summed E-state index contributed by atoms with van der Waals surface area (Å²) < 4.78 is 11.9. The maximum absolute atomic E-state index is 5.54. The first-order valence-electron chi connectivity index (χ1n) is 5.73. The molecule has 2 aromatic rings. The van der Waals surface area contributed by atoms with Crippen LogP contribution < -0.4 is 5.32 Å². The van der Waals surface area contributed by atoms with Crippen molar-refractivity contribution in [3.05, 3.63) is 46.2 Å². The molecule has 0 saturated carbocycles. The lowest BCUT2D eigenvalue weighted by Crippen LogP contribution is -2.22. The monoisotopic (exact) mass is 297 g/mol. The van der Waals surface area contributed by atoms with Gasteiger partial charge >= 0.3 is 0 Å². The van der Waals surface area contributed by atoms with Crippen LogP contribution in [0.3, 0.4) is 0 Å². The lowest BCUT2D eigenvalue weighted by atomic mass is 10.1. The van der Waals surface area contributed by atoms with E-state index in [0.717, 1.165) is 34.5 Å². The van der Waals surface area contributed by atoms with Crippen LogP contribution >= 0.6 is 15.9 Å². The fraction of sp³-hybridized carbons (Fsp3) is 0.385. The Labute approximate surface area is 109 Å². The molecule has 0 aliphatic carbocycles. The van der Waals surface area contributed by atoms with Gasteiger partial charge in [-0.05, 0) is 48.0 Å². The summed E-state index contributed by atoms with van der Waals surface area (Å²) in [5.74, 6) is 1.80. The van der Waals surface area contributed by atoms with Crippen LogP contribution in [-0.4, -0.2) is 6.54 Å². The van der Waals surface area contributed by atoms with Gasteiger partial charge in [0.1, 0.15) is 11.5 Å². The van der Waals surface area contributed by atoms with Crippen LogP contribution in [0, 0.1) is 6.92 Å². The number of aryl methyl sites for hydroxylation is 1. The number of hydrogen-bond acceptors (Lipinski definition) is 3. The fourth-order valence-corrected chi connectivity index (χ4v) is 2.21. The predicted octanol–water partition coefficient (Wildman–Crippen LogP) is 4.03. The van der Waals surface area contributed by atoms with E-state index in [-0.39, 0.29) is 6.04 Å². The molecule has 0 bridgehead atoms. The molecule has 0 spiro atoms. The van der Waals surface area contributed by atoms with Crippen LogP contribution in [-0.2, 0) is 0 Å². The first-order chi connectivity index (χ1) is 8.22. The molecule has 0 fully saturated rings. The van der Waals surface area contributed by atoms with Crippen LogP contribution in [0.25, 0.3) is 0 Å². The van der Waals surface area contributed by atoms with Crippen LogP contribution in [0.15, 0.2) is 38.0 Å². The Kier molecular flexibility index (Phi) is 4.07. The Morgan fingerprint density at radius 1 is 1.41 bits per heavy atom. The predicted molar refractivity (Wildman–Crippen MR) is 70.0 cm³/mol. The van der Waals surface area contributed by atoms with Crippen molar-refractivity contribution >= 4 is 15.9 Å². The lowest BCUT2D eigenvalue weighted by molar-refractivity contribution is 0.440. The summed E-state index contributed by atoms with van der Waals surface area (Å²) in [7, 11) is 0. The minimum atomic E-state index is 0.0387. The van der Waals surface area contributed by atoms with Gasteiger partial charge in [-0.25, -0.2) is 0 Å². The van der Waals surface area contributed by atoms with Crippen molar-refractivity contribution in [2.24, 2.45) is 0 Å². The van der Waals surface area contributed by atoms with Crippen LogP contribution in [0.2, 0.25) is 0 Å². The van der Waals surface area contributed by atoms with E-state index in [4.69, 9.17) is 8.83 Å². The van der Waals surface area contributed by atoms with Crippen molar-refractivity contribution in [2.45, 2.75) is 26.3 Å². The summed E-state index contributed by atoms with van der Waals surface area (Å²) in [4.78, 5) is 0. The van der Waals surface area contributed by atoms with Crippen molar-refractivity contribution in [2.75, 3.05) is 6.54 Å². The molecule has 1 N–H and O–H groups in total. The van der Waals surface area contributed by atoms with E-state index in [0.29, 0.717) is 0 Å². The number of hydrogen-bond donors (Lipinski definition) is 1. The molecule has 1 atom stereocenters. The number of rotatable bonds is 5. The SMILES string of the molecule is CCCNC(c1coc(C)c1)c1occc1Br. The zero-order chi connectivity index (χ0) is 12.3. The zero-order valence-corrected chi connectivity index (χ0v) is 11.6. The highest BCUT2D eigenvalue weighted by atomic mass is 79.9. The molecule has 0 aromatic carbocycles. The molecular weight excluding hydrogens is 282 g/mol. The minimum Gasteiger partial charge on any atom is -0.469 e. The van der Waals surface area contributed by atoms with Gasteiger partial charge < -0.3 is 14.2 Å². The maximum atomic E-state index is 5.54. The summed E-state index contributed by atoms with van der Waals surface area (Å²) in [5, 5.41) is 3.46. The molecule has 92 valence electrons. The van der Waals surface area contributed by atoms with E-state index >= 15 is 0 Å². The zero-order valence-electron chi connectivity index (χ0n) is 10.00. The van der Waals surface area contributed by atoms with Crippen molar-refractivity contribution in [3.8, 4) is 0 Å². The Hall–Kier alpha value is -1.00. The number of halogens is 1. The normalized spacial score (nSPS) is 12.9. The summed E-state index contributed by atoms with van der Waals surface area (Å²) >= 11 is 3.50. The van der Waals surface area contributed by atoms with Gasteiger partial charge in [0.15, 0.2) is 0 Å². The second kappa shape index (κ2) is 5.56. The Morgan fingerprint density at radius 3 is 2.76 bits per heavy atom. The second-order valence-corrected chi connectivity index (χ2v) is 4.86. The fourth-order valence-electron chi connectivity index (χ4n) is 1.78. The highest BCUT2D eigenvalue weighted by Crippen LogP contribution is 2.30. The van der Waals surface area contributed by atoms with Crippen molar-refractivity contribution in [3.63, 3.8) is 0 Å². The van der Waals surface area contributed by atoms with Crippen molar-refractivity contribution < 1.29 is 8.83 Å². The molecule has 3 nitrogen and oxygen atoms in total. The average molecular weight is 298 g/mol. The van der Waals surface area contributed by atoms with Crippen LogP contribution in [0.4, 0.5) is 0 Å². The van der Waals surface area contributed by atoms with Gasteiger partial charge in [0.25, 0.3) is 0 Å². The van der Waals surface area contributed by atoms with Gasteiger partial charge in [-0.3, -0.25) is 0 Å². The van der Waals surface area contributed by atoms with Crippen LogP contribution in [0.1, 0.15) is 36.5 Å². The second-order valence-electron chi connectivity index (χ2n) is 4.01. The number of furan rings is 2. The summed E-state index contributed by atoms with van der Waals surface area (Å²) in [6.07, 6.45) is 4.54. The minimum absolute atomic E-state index is 0.0387. The highest BCUT2D eigenvalue weighted by Gasteiger charge is 2.20. The van der Waals surface area contributed by atoms with Gasteiger partial charge in [0.2, 0.25) is 0 Å². The standard InChI is InChI=1S/C13H16BrNO2/c1-3-5-15-12(10-7-9(2)17-8-10)13-11(14)4-6-16-13/h4,6-8,12,15H,3,5H2,1-2H3. The Bertz CT molecular complexity index is 475. The third-order valence-electron chi connectivity index (χ3n) is 2.59. The smallest absolute Gasteiger partial charge is 0.139 e. The molecule has 4 heteroatoms. The summed E-state index contributed by atoms with van der Waals surface area (Å²) in [6, 6.07) is 3.97. The van der Waals surface area contributed by atoms with E-state index in [2.05, 4.69) is 28.2 Å². The molecule has 2 aromatic heterocycles. The first kappa shape index (κ1) is 12.5. The maximum Gasteiger partial charge on any atom is 0.139 e. The molecule has 1 unspecified atom stereocenters. The third-order valence-corrected chi connectivity index (χ3v) is 3.24. The first-order valence-corrected chi connectivity index (χ1v) is 6.53. The topological polar surface area (TPSA) is 38.3 Å². The third kappa shape index (κ3) is 2.82. The highest BCUT2D eigenvalue weighted by molar-refractivity contribution is 9.10. The van der Waals surface area contributed by atoms with Crippen molar-refractivity contribution in [1.29, 1.82) is 0 Å². The molecule has 2 heterocycles. The van der Waals surface area contributed by atoms with Crippen LogP contribution in [0.5, 0.6) is 0 Å². The molecular formula is C13H16BrNO2. The summed E-state index contributed by atoms with van der Waals surface area (Å²) in [5.41, 5.74) is 1.09. The van der Waals surface area contributed by atoms with Crippen molar-refractivity contribution in [1.82, 2.24) is 5.32 Å². The average Bonchev–Trinajstić information content (AvgIpc) is 2.90. The lowest BCUT2D eigenvalue weighted by Gasteiger charge is -2.15. The molecule has 0 radical (unpaired) electrons. The molecule has 0 aliphatic heterocycles. The van der Waals surface area contributed by atoms with E-state index in [1.807, 2.05) is 19.1 Å². The Morgan fingerprint density at radius 2 is 2.24 bits per heavy atom.